The number of ether oxygens (including phenoxy) is 3. The third-order valence-electron chi connectivity index (χ3n) is 14.5. The number of carbonyl (C=O) groups is 3. The maximum Gasteiger partial charge on any atom is 0.306 e. The Morgan fingerprint density at radius 3 is 0.762 bits per heavy atom. The van der Waals surface area contributed by atoms with Gasteiger partial charge in [0.15, 0.2) is 6.10 Å². The first kappa shape index (κ1) is 76.1. The highest BCUT2D eigenvalue weighted by atomic mass is 16.6. The highest BCUT2D eigenvalue weighted by molar-refractivity contribution is 5.71. The molecule has 0 radical (unpaired) electrons. The second kappa shape index (κ2) is 67.6. The van der Waals surface area contributed by atoms with E-state index >= 15 is 0 Å². The number of hydrogen-bond donors (Lipinski definition) is 0. The Morgan fingerprint density at radius 2 is 0.487 bits per heavy atom. The number of allylic oxidation sites excluding steroid dienone is 18. The Hall–Kier alpha value is -3.93. The zero-order valence-electron chi connectivity index (χ0n) is 52.6. The quantitative estimate of drug-likeness (QED) is 0.0261. The van der Waals surface area contributed by atoms with Crippen LogP contribution in [0.5, 0.6) is 0 Å². The first-order chi connectivity index (χ1) is 39.5. The summed E-state index contributed by atoms with van der Waals surface area (Å²) in [5.41, 5.74) is 0. The van der Waals surface area contributed by atoms with Crippen LogP contribution in [0.3, 0.4) is 0 Å². The molecule has 458 valence electrons. The summed E-state index contributed by atoms with van der Waals surface area (Å²) in [5.74, 6) is -0.888. The van der Waals surface area contributed by atoms with Crippen LogP contribution in [-0.2, 0) is 28.6 Å². The fraction of sp³-hybridized carbons (Fsp3) is 0.716. The Morgan fingerprint density at radius 1 is 0.263 bits per heavy atom. The SMILES string of the molecule is CC/C=C\C/C=C\C/C=C\C/C=C\C/C=C\C/C=C\C/C=C\C/C=C\C/C=C\CCCCCCCCCC(=O)OCC(COC(=O)CCCCCCCC)OC(=O)CCCCCCCCCCCCCCCCCCCCCCC. The summed E-state index contributed by atoms with van der Waals surface area (Å²) in [4.78, 5) is 38.0. The predicted octanol–water partition coefficient (Wildman–Crippen LogP) is 23.4. The summed E-state index contributed by atoms with van der Waals surface area (Å²) in [6.07, 6.45) is 92.9. The first-order valence-corrected chi connectivity index (χ1v) is 33.9. The topological polar surface area (TPSA) is 78.9 Å². The molecular formula is C74H126O6. The second-order valence-electron chi connectivity index (χ2n) is 22.4. The van der Waals surface area contributed by atoms with E-state index in [1.54, 1.807) is 0 Å². The molecular weight excluding hydrogens is 985 g/mol. The van der Waals surface area contributed by atoms with Crippen molar-refractivity contribution in [1.82, 2.24) is 0 Å². The molecule has 6 nitrogen and oxygen atoms in total. The Balaban J connectivity index is 4.09. The Kier molecular flexibility index (Phi) is 64.3. The zero-order chi connectivity index (χ0) is 57.8. The van der Waals surface area contributed by atoms with Gasteiger partial charge in [0.2, 0.25) is 0 Å². The summed E-state index contributed by atoms with van der Waals surface area (Å²) in [6.45, 7) is 6.49. The van der Waals surface area contributed by atoms with Gasteiger partial charge >= 0.3 is 17.9 Å². The van der Waals surface area contributed by atoms with Crippen molar-refractivity contribution in [2.45, 2.75) is 329 Å². The van der Waals surface area contributed by atoms with Crippen LogP contribution in [0.15, 0.2) is 109 Å². The van der Waals surface area contributed by atoms with Gasteiger partial charge in [-0.05, 0) is 89.9 Å². The second-order valence-corrected chi connectivity index (χ2v) is 22.4. The maximum atomic E-state index is 12.9. The average Bonchev–Trinajstić information content (AvgIpc) is 3.46. The van der Waals surface area contributed by atoms with Gasteiger partial charge in [-0.25, -0.2) is 0 Å². The monoisotopic (exact) mass is 1110 g/mol. The smallest absolute Gasteiger partial charge is 0.306 e. The largest absolute Gasteiger partial charge is 0.462 e. The molecule has 0 aliphatic heterocycles. The van der Waals surface area contributed by atoms with Gasteiger partial charge in [-0.1, -0.05) is 323 Å². The number of esters is 3. The minimum Gasteiger partial charge on any atom is -0.462 e. The number of rotatable bonds is 61. The fourth-order valence-electron chi connectivity index (χ4n) is 9.50. The third-order valence-corrected chi connectivity index (χ3v) is 14.5. The van der Waals surface area contributed by atoms with E-state index in [1.807, 2.05) is 0 Å². The third kappa shape index (κ3) is 64.9. The normalized spacial score (nSPS) is 12.8. The van der Waals surface area contributed by atoms with Crippen LogP contribution in [0, 0.1) is 0 Å². The molecule has 1 unspecified atom stereocenters. The molecule has 0 N–H and O–H groups in total. The lowest BCUT2D eigenvalue weighted by atomic mass is 10.0. The van der Waals surface area contributed by atoms with Gasteiger partial charge in [0, 0.05) is 19.3 Å². The van der Waals surface area contributed by atoms with Crippen molar-refractivity contribution in [3.63, 3.8) is 0 Å². The van der Waals surface area contributed by atoms with E-state index < -0.39 is 6.10 Å². The van der Waals surface area contributed by atoms with E-state index in [4.69, 9.17) is 14.2 Å². The standard InChI is InChI=1S/C74H126O6/c1-4-7-10-13-16-18-20-22-24-26-28-30-31-32-33-34-35-36-37-38-39-40-41-42-43-45-46-48-50-52-54-56-58-61-64-67-73(76)79-70-71(69-78-72(75)66-63-60-15-12-9-6-3)80-74(77)68-65-62-59-57-55-53-51-49-47-44-29-27-25-23-21-19-17-14-11-8-5-2/h7,10,16,18,22,24,28,30,32-33,35-36,38-39,41-42,45-46,71H,4-6,8-9,11-15,17,19-21,23,25-27,29,31,34,37,40,43-44,47-70H2,1-3H3/b10-7-,18-16-,24-22-,30-28-,33-32-,36-35-,39-38-,42-41-,46-45-. The van der Waals surface area contributed by atoms with Gasteiger partial charge in [-0.2, -0.15) is 0 Å². The summed E-state index contributed by atoms with van der Waals surface area (Å²) in [6, 6.07) is 0. The van der Waals surface area contributed by atoms with Gasteiger partial charge in [0.1, 0.15) is 13.2 Å². The molecule has 0 rings (SSSR count). The van der Waals surface area contributed by atoms with Gasteiger partial charge < -0.3 is 14.2 Å². The van der Waals surface area contributed by atoms with Gasteiger partial charge in [0.25, 0.3) is 0 Å². The molecule has 0 aromatic rings. The molecule has 0 fully saturated rings. The molecule has 0 aromatic carbocycles. The summed E-state index contributed by atoms with van der Waals surface area (Å²) < 4.78 is 16.8. The lowest BCUT2D eigenvalue weighted by molar-refractivity contribution is -0.167. The molecule has 0 saturated heterocycles. The minimum absolute atomic E-state index is 0.0784. The van der Waals surface area contributed by atoms with Crippen LogP contribution in [0.1, 0.15) is 323 Å². The van der Waals surface area contributed by atoms with Crippen LogP contribution in [0.4, 0.5) is 0 Å². The molecule has 0 amide bonds. The minimum atomic E-state index is -0.779. The number of hydrogen-bond acceptors (Lipinski definition) is 6. The van der Waals surface area contributed by atoms with E-state index in [2.05, 4.69) is 130 Å². The summed E-state index contributed by atoms with van der Waals surface area (Å²) in [7, 11) is 0. The van der Waals surface area contributed by atoms with E-state index in [-0.39, 0.29) is 31.1 Å². The molecule has 0 saturated carbocycles. The van der Waals surface area contributed by atoms with Crippen molar-refractivity contribution < 1.29 is 28.6 Å². The number of unbranched alkanes of at least 4 members (excludes halogenated alkanes) is 32. The predicted molar refractivity (Wildman–Crippen MR) is 348 cm³/mol. The zero-order valence-corrected chi connectivity index (χ0v) is 52.6. The van der Waals surface area contributed by atoms with E-state index in [0.717, 1.165) is 122 Å². The van der Waals surface area contributed by atoms with Crippen LogP contribution in [0.25, 0.3) is 0 Å². The van der Waals surface area contributed by atoms with Crippen molar-refractivity contribution in [3.05, 3.63) is 109 Å². The molecule has 0 spiro atoms. The van der Waals surface area contributed by atoms with E-state index in [0.29, 0.717) is 19.3 Å². The molecule has 0 aliphatic carbocycles. The van der Waals surface area contributed by atoms with Crippen molar-refractivity contribution in [2.24, 2.45) is 0 Å². The van der Waals surface area contributed by atoms with Crippen molar-refractivity contribution in [1.29, 1.82) is 0 Å². The van der Waals surface area contributed by atoms with Gasteiger partial charge in [-0.3, -0.25) is 14.4 Å². The molecule has 80 heavy (non-hydrogen) atoms. The molecule has 1 atom stereocenters. The fourth-order valence-corrected chi connectivity index (χ4v) is 9.50. The molecule has 0 aliphatic rings. The van der Waals surface area contributed by atoms with Crippen molar-refractivity contribution in [2.75, 3.05) is 13.2 Å². The van der Waals surface area contributed by atoms with Crippen LogP contribution < -0.4 is 0 Å². The maximum absolute atomic E-state index is 12.9. The van der Waals surface area contributed by atoms with Crippen LogP contribution in [-0.4, -0.2) is 37.2 Å². The number of carbonyl (C=O) groups excluding carboxylic acids is 3. The highest BCUT2D eigenvalue weighted by Crippen LogP contribution is 2.17. The lowest BCUT2D eigenvalue weighted by Crippen LogP contribution is -2.30. The summed E-state index contributed by atoms with van der Waals surface area (Å²) >= 11 is 0. The Labute approximate surface area is 495 Å². The molecule has 0 aromatic heterocycles. The average molecular weight is 1110 g/mol. The van der Waals surface area contributed by atoms with E-state index in [1.165, 1.54) is 161 Å². The summed E-state index contributed by atoms with van der Waals surface area (Å²) in [5, 5.41) is 0. The molecule has 0 heterocycles. The van der Waals surface area contributed by atoms with Gasteiger partial charge in [-0.15, -0.1) is 0 Å². The van der Waals surface area contributed by atoms with Gasteiger partial charge in [0.05, 0.1) is 0 Å². The van der Waals surface area contributed by atoms with Crippen molar-refractivity contribution >= 4 is 17.9 Å². The van der Waals surface area contributed by atoms with E-state index in [9.17, 15) is 14.4 Å². The molecule has 0 bridgehead atoms. The lowest BCUT2D eigenvalue weighted by Gasteiger charge is -2.18. The highest BCUT2D eigenvalue weighted by Gasteiger charge is 2.19. The van der Waals surface area contributed by atoms with Crippen molar-refractivity contribution in [3.8, 4) is 0 Å². The van der Waals surface area contributed by atoms with Crippen LogP contribution in [0.2, 0.25) is 0 Å². The Bertz CT molecular complexity index is 1610. The molecule has 6 heteroatoms. The first-order valence-electron chi connectivity index (χ1n) is 33.9. The van der Waals surface area contributed by atoms with Crippen LogP contribution >= 0.6 is 0 Å².